The van der Waals surface area contributed by atoms with E-state index in [4.69, 9.17) is 4.74 Å². The number of halogens is 1. The van der Waals surface area contributed by atoms with Crippen molar-refractivity contribution in [2.75, 3.05) is 12.4 Å². The first-order chi connectivity index (χ1) is 14.9. The van der Waals surface area contributed by atoms with Gasteiger partial charge in [0.1, 0.15) is 11.6 Å². The van der Waals surface area contributed by atoms with E-state index in [9.17, 15) is 9.18 Å². The second-order valence-corrected chi connectivity index (χ2v) is 7.54. The smallest absolute Gasteiger partial charge is 0.230 e. The summed E-state index contributed by atoms with van der Waals surface area (Å²) in [5.74, 6) is 0.575. The van der Waals surface area contributed by atoms with E-state index < -0.39 is 0 Å². The molecule has 0 saturated heterocycles. The molecule has 0 bridgehead atoms. The molecule has 2 aromatic carbocycles. The van der Waals surface area contributed by atoms with E-state index >= 15 is 0 Å². The van der Waals surface area contributed by atoms with Gasteiger partial charge in [-0.15, -0.1) is 5.10 Å². The minimum absolute atomic E-state index is 0.165. The number of hydrogen-bond donors (Lipinski definition) is 1. The minimum atomic E-state index is -0.288. The molecule has 0 saturated carbocycles. The zero-order chi connectivity index (χ0) is 22.1. The molecule has 1 amide bonds. The predicted molar refractivity (Wildman–Crippen MR) is 118 cm³/mol. The molecular weight excluding hydrogens is 395 g/mol. The molecule has 0 spiro atoms. The Hall–Kier alpha value is -3.74. The van der Waals surface area contributed by atoms with Crippen LogP contribution in [-0.4, -0.2) is 27.6 Å². The molecule has 1 N–H and O–H groups in total. The van der Waals surface area contributed by atoms with Crippen LogP contribution in [0.4, 0.5) is 10.2 Å². The Bertz CT molecular complexity index is 1300. The Kier molecular flexibility index (Phi) is 5.42. The number of amides is 1. The van der Waals surface area contributed by atoms with Crippen molar-refractivity contribution in [2.45, 2.75) is 27.2 Å². The summed E-state index contributed by atoms with van der Waals surface area (Å²) < 4.78 is 20.8. The summed E-state index contributed by atoms with van der Waals surface area (Å²) >= 11 is 0. The second-order valence-electron chi connectivity index (χ2n) is 7.54. The highest BCUT2D eigenvalue weighted by Gasteiger charge is 2.20. The molecule has 0 aliphatic carbocycles. The standard InChI is InChI=1S/C24H23FN4O2/c1-14-10-18(8-9-20(14)25)22-23(28-29-16(3)11-15(2)26-24(22)29)27-21(30)13-17-6-5-7-19(12-17)31-4/h5-12H,13H2,1-4H3,(H,27,28,30). The van der Waals surface area contributed by atoms with Gasteiger partial charge < -0.3 is 10.1 Å². The Morgan fingerprint density at radius 3 is 2.68 bits per heavy atom. The lowest BCUT2D eigenvalue weighted by Crippen LogP contribution is -2.15. The van der Waals surface area contributed by atoms with E-state index in [-0.39, 0.29) is 18.1 Å². The third-order valence-electron chi connectivity index (χ3n) is 5.10. The number of benzene rings is 2. The van der Waals surface area contributed by atoms with Gasteiger partial charge in [-0.2, -0.15) is 0 Å². The van der Waals surface area contributed by atoms with Gasteiger partial charge in [0.15, 0.2) is 11.5 Å². The van der Waals surface area contributed by atoms with E-state index in [1.807, 2.05) is 44.2 Å². The van der Waals surface area contributed by atoms with Crippen LogP contribution < -0.4 is 10.1 Å². The quantitative estimate of drug-likeness (QED) is 0.512. The molecule has 0 fully saturated rings. The summed E-state index contributed by atoms with van der Waals surface area (Å²) in [6.07, 6.45) is 0.165. The van der Waals surface area contributed by atoms with Crippen LogP contribution in [0.1, 0.15) is 22.5 Å². The van der Waals surface area contributed by atoms with E-state index in [0.29, 0.717) is 28.3 Å². The van der Waals surface area contributed by atoms with Crippen molar-refractivity contribution in [2.24, 2.45) is 0 Å². The maximum Gasteiger partial charge on any atom is 0.230 e. The number of fused-ring (bicyclic) bond motifs is 1. The summed E-state index contributed by atoms with van der Waals surface area (Å²) in [5, 5.41) is 7.52. The SMILES string of the molecule is COc1cccc(CC(=O)Nc2nn3c(C)cc(C)nc3c2-c2ccc(F)c(C)c2)c1. The molecule has 2 aromatic heterocycles. The van der Waals surface area contributed by atoms with Crippen LogP contribution in [0.2, 0.25) is 0 Å². The highest BCUT2D eigenvalue weighted by molar-refractivity contribution is 5.98. The van der Waals surface area contributed by atoms with Gasteiger partial charge >= 0.3 is 0 Å². The summed E-state index contributed by atoms with van der Waals surface area (Å²) in [6.45, 7) is 5.53. The zero-order valence-corrected chi connectivity index (χ0v) is 17.9. The van der Waals surface area contributed by atoms with Crippen molar-refractivity contribution in [1.29, 1.82) is 0 Å². The van der Waals surface area contributed by atoms with Crippen LogP contribution in [0.25, 0.3) is 16.8 Å². The topological polar surface area (TPSA) is 68.5 Å². The minimum Gasteiger partial charge on any atom is -0.497 e. The van der Waals surface area contributed by atoms with E-state index in [0.717, 1.165) is 22.5 Å². The first kappa shape index (κ1) is 20.5. The maximum absolute atomic E-state index is 13.9. The van der Waals surface area contributed by atoms with Gasteiger partial charge in [-0.1, -0.05) is 18.2 Å². The normalized spacial score (nSPS) is 11.0. The Morgan fingerprint density at radius 2 is 1.94 bits per heavy atom. The lowest BCUT2D eigenvalue weighted by Gasteiger charge is -2.08. The van der Waals surface area contributed by atoms with Crippen LogP contribution in [0, 0.1) is 26.6 Å². The van der Waals surface area contributed by atoms with Crippen LogP contribution >= 0.6 is 0 Å². The van der Waals surface area contributed by atoms with Crippen molar-refractivity contribution in [3.8, 4) is 16.9 Å². The van der Waals surface area contributed by atoms with Gasteiger partial charge in [-0.3, -0.25) is 4.79 Å². The maximum atomic E-state index is 13.9. The summed E-state index contributed by atoms with van der Waals surface area (Å²) in [4.78, 5) is 17.5. The number of hydrogen-bond acceptors (Lipinski definition) is 4. The third kappa shape index (κ3) is 4.12. The second kappa shape index (κ2) is 8.18. The number of nitrogens with one attached hydrogen (secondary N) is 1. The molecule has 0 aliphatic rings. The summed E-state index contributed by atoms with van der Waals surface area (Å²) in [5.41, 5.74) is 5.06. The van der Waals surface area contributed by atoms with Crippen molar-refractivity contribution < 1.29 is 13.9 Å². The molecule has 0 atom stereocenters. The fourth-order valence-electron chi connectivity index (χ4n) is 3.62. The van der Waals surface area contributed by atoms with Crippen LogP contribution in [0.5, 0.6) is 5.75 Å². The number of aromatic nitrogens is 3. The van der Waals surface area contributed by atoms with Crippen LogP contribution in [0.3, 0.4) is 0 Å². The molecular formula is C24H23FN4O2. The molecule has 31 heavy (non-hydrogen) atoms. The molecule has 4 rings (SSSR count). The number of carbonyl (C=O) groups is 1. The summed E-state index contributed by atoms with van der Waals surface area (Å²) in [6, 6.07) is 14.1. The molecule has 0 aliphatic heterocycles. The molecule has 0 unspecified atom stereocenters. The number of methoxy groups -OCH3 is 1. The van der Waals surface area contributed by atoms with Gasteiger partial charge in [0.05, 0.1) is 19.1 Å². The van der Waals surface area contributed by atoms with Gasteiger partial charge in [0.25, 0.3) is 0 Å². The number of rotatable bonds is 5. The largest absolute Gasteiger partial charge is 0.497 e. The number of anilines is 1. The fourth-order valence-corrected chi connectivity index (χ4v) is 3.62. The molecule has 158 valence electrons. The fraction of sp³-hybridized carbons (Fsp3) is 0.208. The first-order valence-electron chi connectivity index (χ1n) is 9.92. The van der Waals surface area contributed by atoms with Crippen molar-refractivity contribution in [3.05, 3.63) is 76.9 Å². The molecule has 4 aromatic rings. The Labute approximate surface area is 179 Å². The monoisotopic (exact) mass is 418 g/mol. The Balaban J connectivity index is 1.76. The number of carbonyl (C=O) groups excluding carboxylic acids is 1. The van der Waals surface area contributed by atoms with Crippen LogP contribution in [0.15, 0.2) is 48.5 Å². The summed E-state index contributed by atoms with van der Waals surface area (Å²) in [7, 11) is 1.59. The molecule has 2 heterocycles. The lowest BCUT2D eigenvalue weighted by atomic mass is 10.0. The van der Waals surface area contributed by atoms with E-state index in [2.05, 4.69) is 15.4 Å². The van der Waals surface area contributed by atoms with E-state index in [1.54, 1.807) is 30.7 Å². The van der Waals surface area contributed by atoms with Crippen molar-refractivity contribution in [1.82, 2.24) is 14.6 Å². The first-order valence-corrected chi connectivity index (χ1v) is 9.92. The number of aryl methyl sites for hydroxylation is 3. The number of ether oxygens (including phenoxy) is 1. The van der Waals surface area contributed by atoms with E-state index in [1.165, 1.54) is 6.07 Å². The highest BCUT2D eigenvalue weighted by Crippen LogP contribution is 2.33. The third-order valence-corrected chi connectivity index (χ3v) is 5.10. The van der Waals surface area contributed by atoms with Gasteiger partial charge in [-0.05, 0) is 67.8 Å². The Morgan fingerprint density at radius 1 is 1.13 bits per heavy atom. The predicted octanol–water partition coefficient (Wildman–Crippen LogP) is 4.65. The molecule has 0 radical (unpaired) electrons. The van der Waals surface area contributed by atoms with Crippen LogP contribution in [-0.2, 0) is 11.2 Å². The van der Waals surface area contributed by atoms with Crippen molar-refractivity contribution in [3.63, 3.8) is 0 Å². The van der Waals surface area contributed by atoms with Gasteiger partial charge in [0, 0.05) is 11.4 Å². The van der Waals surface area contributed by atoms with Crippen molar-refractivity contribution >= 4 is 17.4 Å². The number of nitrogens with zero attached hydrogens (tertiary/aromatic N) is 3. The molecule has 7 heteroatoms. The highest BCUT2D eigenvalue weighted by atomic mass is 19.1. The van der Waals surface area contributed by atoms with Gasteiger partial charge in [-0.25, -0.2) is 13.9 Å². The molecule has 6 nitrogen and oxygen atoms in total. The average Bonchev–Trinajstić information content (AvgIpc) is 3.08. The lowest BCUT2D eigenvalue weighted by molar-refractivity contribution is -0.115. The van der Waals surface area contributed by atoms with Gasteiger partial charge in [0.2, 0.25) is 5.91 Å². The zero-order valence-electron chi connectivity index (χ0n) is 17.9. The average molecular weight is 418 g/mol.